The topological polar surface area (TPSA) is 98.5 Å². The number of hydrogen-bond acceptors (Lipinski definition) is 5. The molecule has 7 heteroatoms. The van der Waals surface area contributed by atoms with Gasteiger partial charge in [-0.3, -0.25) is 14.9 Å². The van der Waals surface area contributed by atoms with Crippen LogP contribution in [-0.2, 0) is 16.0 Å². The van der Waals surface area contributed by atoms with Gasteiger partial charge in [-0.25, -0.2) is 4.79 Å². The average molecular weight is 342 g/mol. The van der Waals surface area contributed by atoms with Crippen molar-refractivity contribution in [1.82, 2.24) is 5.32 Å². The van der Waals surface area contributed by atoms with Crippen LogP contribution >= 0.6 is 0 Å². The quantitative estimate of drug-likeness (QED) is 0.473. The highest BCUT2D eigenvalue weighted by atomic mass is 16.6. The summed E-state index contributed by atoms with van der Waals surface area (Å²) in [4.78, 5) is 34.6. The third-order valence-corrected chi connectivity index (χ3v) is 3.50. The van der Waals surface area contributed by atoms with Crippen LogP contribution in [-0.4, -0.2) is 29.4 Å². The molecule has 0 spiro atoms. The zero-order chi connectivity index (χ0) is 18.2. The highest BCUT2D eigenvalue weighted by Gasteiger charge is 2.23. The lowest BCUT2D eigenvalue weighted by Gasteiger charge is -2.17. The largest absolute Gasteiger partial charge is 0.464 e. The predicted molar refractivity (Wildman–Crippen MR) is 91.1 cm³/mol. The Kier molecular flexibility index (Phi) is 6.22. The van der Waals surface area contributed by atoms with Gasteiger partial charge >= 0.3 is 5.97 Å². The minimum absolute atomic E-state index is 0.0373. The Morgan fingerprint density at radius 1 is 1.12 bits per heavy atom. The van der Waals surface area contributed by atoms with E-state index in [1.807, 2.05) is 0 Å². The van der Waals surface area contributed by atoms with E-state index in [0.29, 0.717) is 11.1 Å². The fourth-order valence-electron chi connectivity index (χ4n) is 2.26. The summed E-state index contributed by atoms with van der Waals surface area (Å²) in [6.07, 6.45) is 0.176. The van der Waals surface area contributed by atoms with Gasteiger partial charge in [0.1, 0.15) is 6.04 Å². The molecule has 130 valence electrons. The predicted octanol–water partition coefficient (Wildman–Crippen LogP) is 2.50. The lowest BCUT2D eigenvalue weighted by atomic mass is 10.0. The highest BCUT2D eigenvalue weighted by Crippen LogP contribution is 2.14. The molecule has 1 atom stereocenters. The van der Waals surface area contributed by atoms with Gasteiger partial charge in [0.2, 0.25) is 0 Å². The number of nitro benzene ring substituents is 1. The highest BCUT2D eigenvalue weighted by molar-refractivity contribution is 5.96. The fraction of sp³-hybridized carbons (Fsp3) is 0.222. The number of carbonyl (C=O) groups excluding carboxylic acids is 2. The van der Waals surface area contributed by atoms with Gasteiger partial charge in [0, 0.05) is 24.1 Å². The van der Waals surface area contributed by atoms with Crippen LogP contribution in [0, 0.1) is 10.1 Å². The second-order valence-corrected chi connectivity index (χ2v) is 5.27. The maximum Gasteiger partial charge on any atom is 0.328 e. The van der Waals surface area contributed by atoms with Gasteiger partial charge in [-0.1, -0.05) is 30.3 Å². The van der Waals surface area contributed by atoms with Gasteiger partial charge in [0.05, 0.1) is 11.5 Å². The molecule has 0 heterocycles. The molecule has 0 bridgehead atoms. The number of nitrogens with one attached hydrogen (secondary N) is 1. The molecule has 2 rings (SSSR count). The molecule has 0 fully saturated rings. The maximum absolute atomic E-state index is 12.3. The Morgan fingerprint density at radius 2 is 1.76 bits per heavy atom. The molecule has 1 N–H and O–H groups in total. The van der Waals surface area contributed by atoms with E-state index in [9.17, 15) is 19.7 Å². The molecule has 7 nitrogen and oxygen atoms in total. The zero-order valence-corrected chi connectivity index (χ0v) is 13.7. The van der Waals surface area contributed by atoms with E-state index in [4.69, 9.17) is 4.74 Å². The Hall–Kier alpha value is -3.22. The van der Waals surface area contributed by atoms with Gasteiger partial charge < -0.3 is 10.1 Å². The number of non-ortho nitro benzene ring substituents is 1. The van der Waals surface area contributed by atoms with Gasteiger partial charge in [-0.15, -0.1) is 0 Å². The Morgan fingerprint density at radius 3 is 2.32 bits per heavy atom. The van der Waals surface area contributed by atoms with Crippen molar-refractivity contribution in [3.05, 3.63) is 75.8 Å². The Bertz CT molecular complexity index is 744. The number of nitro groups is 1. The maximum atomic E-state index is 12.3. The van der Waals surface area contributed by atoms with Crippen molar-refractivity contribution >= 4 is 17.6 Å². The van der Waals surface area contributed by atoms with Crippen molar-refractivity contribution in [3.8, 4) is 0 Å². The van der Waals surface area contributed by atoms with E-state index in [1.165, 1.54) is 12.1 Å². The summed E-state index contributed by atoms with van der Waals surface area (Å²) in [5, 5.41) is 13.4. The monoisotopic (exact) mass is 342 g/mol. The van der Waals surface area contributed by atoms with Crippen molar-refractivity contribution in [2.45, 2.75) is 19.4 Å². The zero-order valence-electron chi connectivity index (χ0n) is 13.7. The molecule has 0 aromatic heterocycles. The molecule has 2 aromatic carbocycles. The van der Waals surface area contributed by atoms with Crippen LogP contribution in [0.5, 0.6) is 0 Å². The van der Waals surface area contributed by atoms with E-state index >= 15 is 0 Å². The molecule has 0 saturated carbocycles. The molecule has 0 aliphatic rings. The number of hydrogen-bond donors (Lipinski definition) is 1. The molecule has 0 radical (unpaired) electrons. The number of nitrogens with zero attached hydrogens (tertiary/aromatic N) is 1. The molecule has 1 amide bonds. The molecule has 0 saturated heterocycles. The number of amides is 1. The summed E-state index contributed by atoms with van der Waals surface area (Å²) in [5.74, 6) is -0.939. The first-order valence-electron chi connectivity index (χ1n) is 7.77. The standard InChI is InChI=1S/C18H18N2O5/c1-2-25-18(22)16(19-17(21)14-6-4-3-5-7-14)12-13-8-10-15(11-9-13)20(23)24/h3-11,16H,2,12H2,1H3,(H,19,21)/t16-/m1/s1. The molecular weight excluding hydrogens is 324 g/mol. The molecular formula is C18H18N2O5. The number of benzene rings is 2. The van der Waals surface area contributed by atoms with Crippen LogP contribution in [0.2, 0.25) is 0 Å². The molecule has 2 aromatic rings. The van der Waals surface area contributed by atoms with Crippen molar-refractivity contribution in [2.75, 3.05) is 6.61 Å². The summed E-state index contributed by atoms with van der Waals surface area (Å²) in [5.41, 5.74) is 1.07. The Labute approximate surface area is 144 Å². The number of ether oxygens (including phenoxy) is 1. The van der Waals surface area contributed by atoms with E-state index in [-0.39, 0.29) is 24.6 Å². The number of rotatable bonds is 7. The van der Waals surface area contributed by atoms with Crippen LogP contribution in [0.25, 0.3) is 0 Å². The number of esters is 1. The van der Waals surface area contributed by atoms with E-state index in [1.54, 1.807) is 49.4 Å². The van der Waals surface area contributed by atoms with Crippen LogP contribution in [0.3, 0.4) is 0 Å². The SMILES string of the molecule is CCOC(=O)[C@@H](Cc1ccc([N+](=O)[O-])cc1)NC(=O)c1ccccc1. The second kappa shape index (κ2) is 8.58. The summed E-state index contributed by atoms with van der Waals surface area (Å²) in [6, 6.07) is 13.5. The van der Waals surface area contributed by atoms with Gasteiger partial charge in [-0.05, 0) is 24.6 Å². The first-order valence-corrected chi connectivity index (χ1v) is 7.77. The van der Waals surface area contributed by atoms with E-state index < -0.39 is 16.9 Å². The van der Waals surface area contributed by atoms with Gasteiger partial charge in [0.25, 0.3) is 11.6 Å². The third-order valence-electron chi connectivity index (χ3n) is 3.50. The molecule has 25 heavy (non-hydrogen) atoms. The molecule has 0 aliphatic heterocycles. The van der Waals surface area contributed by atoms with Gasteiger partial charge in [-0.2, -0.15) is 0 Å². The summed E-state index contributed by atoms with van der Waals surface area (Å²) < 4.78 is 5.01. The summed E-state index contributed by atoms with van der Waals surface area (Å²) in [7, 11) is 0. The summed E-state index contributed by atoms with van der Waals surface area (Å²) >= 11 is 0. The summed E-state index contributed by atoms with van der Waals surface area (Å²) in [6.45, 7) is 1.87. The average Bonchev–Trinajstić information content (AvgIpc) is 2.62. The van der Waals surface area contributed by atoms with Gasteiger partial charge in [0.15, 0.2) is 0 Å². The minimum Gasteiger partial charge on any atom is -0.464 e. The first-order chi connectivity index (χ1) is 12.0. The lowest BCUT2D eigenvalue weighted by molar-refractivity contribution is -0.384. The normalized spacial score (nSPS) is 11.4. The van der Waals surface area contributed by atoms with Crippen LogP contribution < -0.4 is 5.32 Å². The van der Waals surface area contributed by atoms with Crippen LogP contribution in [0.1, 0.15) is 22.8 Å². The van der Waals surface area contributed by atoms with Crippen molar-refractivity contribution in [3.63, 3.8) is 0 Å². The van der Waals surface area contributed by atoms with Crippen LogP contribution in [0.15, 0.2) is 54.6 Å². The third kappa shape index (κ3) is 5.13. The smallest absolute Gasteiger partial charge is 0.328 e. The lowest BCUT2D eigenvalue weighted by Crippen LogP contribution is -2.43. The van der Waals surface area contributed by atoms with E-state index in [0.717, 1.165) is 0 Å². The first kappa shape index (κ1) is 18.1. The number of carbonyl (C=O) groups is 2. The van der Waals surface area contributed by atoms with Crippen LogP contribution in [0.4, 0.5) is 5.69 Å². The fourth-order valence-corrected chi connectivity index (χ4v) is 2.26. The van der Waals surface area contributed by atoms with Crippen molar-refractivity contribution < 1.29 is 19.2 Å². The van der Waals surface area contributed by atoms with Crippen molar-refractivity contribution in [1.29, 1.82) is 0 Å². The van der Waals surface area contributed by atoms with E-state index in [2.05, 4.69) is 5.32 Å². The van der Waals surface area contributed by atoms with Crippen molar-refractivity contribution in [2.24, 2.45) is 0 Å². The minimum atomic E-state index is -0.880. The second-order valence-electron chi connectivity index (χ2n) is 5.27. The molecule has 0 aliphatic carbocycles. The molecule has 0 unspecified atom stereocenters. The Balaban J connectivity index is 2.14.